The number of halogens is 1. The molecule has 48 valence electrons. The van der Waals surface area contributed by atoms with Crippen molar-refractivity contribution in [2.75, 3.05) is 0 Å². The van der Waals surface area contributed by atoms with Crippen molar-refractivity contribution in [1.29, 1.82) is 0 Å². The molecule has 5 heteroatoms. The first kappa shape index (κ1) is 6.10. The van der Waals surface area contributed by atoms with Crippen LogP contribution in [0.15, 0.2) is 6.33 Å². The molecule has 0 spiro atoms. The third-order valence-electron chi connectivity index (χ3n) is 0.826. The number of aromatic nitrogens is 2. The molecule has 0 aromatic carbocycles. The Balaban J connectivity index is 3.08. The van der Waals surface area contributed by atoms with Gasteiger partial charge >= 0.3 is 0 Å². The molecule has 3 N–H and O–H groups in total. The van der Waals surface area contributed by atoms with Crippen LogP contribution in [0.3, 0.4) is 0 Å². The summed E-state index contributed by atoms with van der Waals surface area (Å²) in [5, 5.41) is 0.183. The molecular weight excluding hydrogens is 142 g/mol. The predicted molar refractivity (Wildman–Crippen MR) is 32.1 cm³/mol. The normalized spacial score (nSPS) is 9.44. The summed E-state index contributed by atoms with van der Waals surface area (Å²) in [6.07, 6.45) is 1.31. The lowest BCUT2D eigenvalue weighted by molar-refractivity contribution is 0.0996. The largest absolute Gasteiger partial charge is 0.364 e. The Bertz CT molecular complexity index is 231. The zero-order chi connectivity index (χ0) is 6.85. The topological polar surface area (TPSA) is 71.8 Å². The van der Waals surface area contributed by atoms with Crippen LogP contribution in [0.25, 0.3) is 0 Å². The third kappa shape index (κ3) is 1.02. The van der Waals surface area contributed by atoms with Crippen LogP contribution >= 0.6 is 11.6 Å². The molecule has 0 aliphatic heterocycles. The predicted octanol–water partition coefficient (Wildman–Crippen LogP) is 0.162. The van der Waals surface area contributed by atoms with Crippen molar-refractivity contribution in [2.24, 2.45) is 5.73 Å². The van der Waals surface area contributed by atoms with Gasteiger partial charge in [-0.15, -0.1) is 0 Å². The van der Waals surface area contributed by atoms with E-state index in [-0.39, 0.29) is 10.8 Å². The molecular formula is C4H4ClN3O. The van der Waals surface area contributed by atoms with E-state index in [0.717, 1.165) is 0 Å². The molecule has 1 aromatic rings. The van der Waals surface area contributed by atoms with Gasteiger partial charge in [0, 0.05) is 0 Å². The molecule has 0 bridgehead atoms. The molecule has 1 rings (SSSR count). The number of imidazole rings is 1. The lowest BCUT2D eigenvalue weighted by Crippen LogP contribution is -2.11. The fraction of sp³-hybridized carbons (Fsp3) is 0. The summed E-state index contributed by atoms with van der Waals surface area (Å²) in [7, 11) is 0. The zero-order valence-corrected chi connectivity index (χ0v) is 5.14. The van der Waals surface area contributed by atoms with Crippen LogP contribution in [0.4, 0.5) is 0 Å². The number of primary amides is 1. The third-order valence-corrected chi connectivity index (χ3v) is 1.11. The second-order valence-electron chi connectivity index (χ2n) is 1.43. The molecule has 0 saturated heterocycles. The van der Waals surface area contributed by atoms with Gasteiger partial charge in [0.15, 0.2) is 5.69 Å². The highest BCUT2D eigenvalue weighted by atomic mass is 35.5. The Kier molecular flexibility index (Phi) is 1.40. The van der Waals surface area contributed by atoms with Crippen LogP contribution in [-0.2, 0) is 0 Å². The van der Waals surface area contributed by atoms with E-state index in [0.29, 0.717) is 0 Å². The van der Waals surface area contributed by atoms with Gasteiger partial charge in [0.2, 0.25) is 0 Å². The van der Waals surface area contributed by atoms with E-state index in [9.17, 15) is 4.79 Å². The second-order valence-corrected chi connectivity index (χ2v) is 1.81. The number of amides is 1. The van der Waals surface area contributed by atoms with Crippen molar-refractivity contribution in [3.05, 3.63) is 17.2 Å². The van der Waals surface area contributed by atoms with Crippen molar-refractivity contribution in [3.8, 4) is 0 Å². The van der Waals surface area contributed by atoms with Crippen LogP contribution in [0.2, 0.25) is 5.15 Å². The van der Waals surface area contributed by atoms with Gasteiger partial charge < -0.3 is 10.7 Å². The quantitative estimate of drug-likeness (QED) is 0.591. The Labute approximate surface area is 56.0 Å². The molecule has 0 saturated carbocycles. The van der Waals surface area contributed by atoms with Gasteiger partial charge in [0.25, 0.3) is 5.91 Å². The van der Waals surface area contributed by atoms with Gasteiger partial charge in [-0.2, -0.15) is 0 Å². The summed E-state index contributed by atoms with van der Waals surface area (Å²) in [5.74, 6) is -0.624. The Morgan fingerprint density at radius 2 is 2.56 bits per heavy atom. The molecule has 0 aliphatic carbocycles. The lowest BCUT2D eigenvalue weighted by atomic mass is 10.5. The van der Waals surface area contributed by atoms with Crippen LogP contribution < -0.4 is 5.73 Å². The number of hydrogen-bond donors (Lipinski definition) is 2. The highest BCUT2D eigenvalue weighted by Crippen LogP contribution is 2.07. The SMILES string of the molecule is NC(=O)c1nc[nH]c1Cl. The maximum absolute atomic E-state index is 10.3. The van der Waals surface area contributed by atoms with Gasteiger partial charge in [0.05, 0.1) is 6.33 Å². The van der Waals surface area contributed by atoms with E-state index in [2.05, 4.69) is 9.97 Å². The van der Waals surface area contributed by atoms with Gasteiger partial charge in [-0.25, -0.2) is 4.98 Å². The molecule has 0 fully saturated rings. The van der Waals surface area contributed by atoms with Crippen LogP contribution in [0.5, 0.6) is 0 Å². The number of rotatable bonds is 1. The number of H-pyrrole nitrogens is 1. The standard InChI is InChI=1S/C4H4ClN3O/c5-3-2(4(6)9)7-1-8-3/h1H,(H2,6,9)(H,7,8). The van der Waals surface area contributed by atoms with Crippen molar-refractivity contribution in [2.45, 2.75) is 0 Å². The molecule has 0 radical (unpaired) electrons. The summed E-state index contributed by atoms with van der Waals surface area (Å²) in [4.78, 5) is 16.4. The first-order valence-electron chi connectivity index (χ1n) is 2.20. The fourth-order valence-electron chi connectivity index (χ4n) is 0.450. The number of carbonyl (C=O) groups is 1. The van der Waals surface area contributed by atoms with Crippen LogP contribution in [0.1, 0.15) is 10.5 Å². The summed E-state index contributed by atoms with van der Waals surface area (Å²) in [6.45, 7) is 0. The highest BCUT2D eigenvalue weighted by Gasteiger charge is 2.06. The van der Waals surface area contributed by atoms with E-state index in [1.807, 2.05) is 0 Å². The first-order chi connectivity index (χ1) is 4.22. The van der Waals surface area contributed by atoms with Crippen molar-refractivity contribution >= 4 is 17.5 Å². The fourth-order valence-corrected chi connectivity index (χ4v) is 0.641. The van der Waals surface area contributed by atoms with Crippen LogP contribution in [0, 0.1) is 0 Å². The number of hydrogen-bond acceptors (Lipinski definition) is 2. The summed E-state index contributed by atoms with van der Waals surface area (Å²) in [5.41, 5.74) is 4.93. The smallest absolute Gasteiger partial charge is 0.270 e. The van der Waals surface area contributed by atoms with E-state index in [4.69, 9.17) is 17.3 Å². The van der Waals surface area contributed by atoms with E-state index >= 15 is 0 Å². The summed E-state index contributed by atoms with van der Waals surface area (Å²) in [6, 6.07) is 0. The Morgan fingerprint density at radius 1 is 1.89 bits per heavy atom. The molecule has 4 nitrogen and oxygen atoms in total. The van der Waals surface area contributed by atoms with Gasteiger partial charge in [-0.1, -0.05) is 11.6 Å². The molecule has 1 aromatic heterocycles. The average molecular weight is 146 g/mol. The van der Waals surface area contributed by atoms with Crippen molar-refractivity contribution in [1.82, 2.24) is 9.97 Å². The molecule has 1 heterocycles. The van der Waals surface area contributed by atoms with Crippen molar-refractivity contribution in [3.63, 3.8) is 0 Å². The summed E-state index contributed by atoms with van der Waals surface area (Å²) < 4.78 is 0. The first-order valence-corrected chi connectivity index (χ1v) is 2.58. The minimum absolute atomic E-state index is 0.0802. The molecule has 9 heavy (non-hydrogen) atoms. The van der Waals surface area contributed by atoms with E-state index in [1.54, 1.807) is 0 Å². The second kappa shape index (κ2) is 2.06. The number of carbonyl (C=O) groups excluding carboxylic acids is 1. The van der Waals surface area contributed by atoms with E-state index in [1.165, 1.54) is 6.33 Å². The Morgan fingerprint density at radius 3 is 2.78 bits per heavy atom. The monoisotopic (exact) mass is 145 g/mol. The molecule has 0 aliphatic rings. The summed E-state index contributed by atoms with van der Waals surface area (Å²) >= 11 is 5.42. The van der Waals surface area contributed by atoms with Gasteiger partial charge in [-0.3, -0.25) is 4.79 Å². The molecule has 0 unspecified atom stereocenters. The zero-order valence-electron chi connectivity index (χ0n) is 4.39. The van der Waals surface area contributed by atoms with Crippen LogP contribution in [-0.4, -0.2) is 15.9 Å². The Hall–Kier alpha value is -1.03. The average Bonchev–Trinajstić information content (AvgIpc) is 2.13. The maximum atomic E-state index is 10.3. The molecule has 0 atom stereocenters. The highest BCUT2D eigenvalue weighted by molar-refractivity contribution is 6.32. The lowest BCUT2D eigenvalue weighted by Gasteiger charge is -1.84. The number of nitrogens with two attached hydrogens (primary N) is 1. The van der Waals surface area contributed by atoms with Gasteiger partial charge in [0.1, 0.15) is 5.15 Å². The van der Waals surface area contributed by atoms with E-state index < -0.39 is 5.91 Å². The minimum atomic E-state index is -0.624. The van der Waals surface area contributed by atoms with Crippen molar-refractivity contribution < 1.29 is 4.79 Å². The number of aromatic amines is 1. The molecule has 1 amide bonds. The maximum Gasteiger partial charge on any atom is 0.270 e. The van der Waals surface area contributed by atoms with Gasteiger partial charge in [-0.05, 0) is 0 Å². The minimum Gasteiger partial charge on any atom is -0.364 e. The number of nitrogens with one attached hydrogen (secondary N) is 1. The number of nitrogens with zero attached hydrogens (tertiary/aromatic N) is 1.